The lowest BCUT2D eigenvalue weighted by atomic mass is 10.2. The van der Waals surface area contributed by atoms with E-state index in [1.54, 1.807) is 67.8 Å². The number of carbonyl (C=O) groups is 4. The summed E-state index contributed by atoms with van der Waals surface area (Å²) in [6.07, 6.45) is 5.14. The summed E-state index contributed by atoms with van der Waals surface area (Å²) in [5.41, 5.74) is 14.6. The fourth-order valence-electron chi connectivity index (χ4n) is 3.91. The van der Waals surface area contributed by atoms with Gasteiger partial charge in [-0.2, -0.15) is 0 Å². The Morgan fingerprint density at radius 2 is 1.10 bits per heavy atom. The van der Waals surface area contributed by atoms with Crippen LogP contribution in [0.1, 0.15) is 77.2 Å². The third kappa shape index (κ3) is 13.9. The van der Waals surface area contributed by atoms with E-state index in [1.165, 1.54) is 31.4 Å². The molecule has 0 saturated heterocycles. The maximum atomic E-state index is 12.3. The molecule has 2 aromatic heterocycles. The van der Waals surface area contributed by atoms with Crippen LogP contribution in [0.25, 0.3) is 0 Å². The lowest BCUT2D eigenvalue weighted by Crippen LogP contribution is -2.22. The average molecular weight is 739 g/mol. The summed E-state index contributed by atoms with van der Waals surface area (Å²) in [5.74, 6) is 0.266. The van der Waals surface area contributed by atoms with Gasteiger partial charge in [0, 0.05) is 57.6 Å². The van der Waals surface area contributed by atoms with Crippen LogP contribution < -0.4 is 11.5 Å². The van der Waals surface area contributed by atoms with Gasteiger partial charge in [0.2, 0.25) is 12.8 Å². The second-order valence-corrected chi connectivity index (χ2v) is 13.8. The van der Waals surface area contributed by atoms with E-state index in [-0.39, 0.29) is 74.1 Å². The van der Waals surface area contributed by atoms with Crippen molar-refractivity contribution in [2.75, 3.05) is 24.7 Å². The Labute approximate surface area is 302 Å². The topological polar surface area (TPSA) is 197 Å². The van der Waals surface area contributed by atoms with E-state index in [2.05, 4.69) is 19.9 Å². The molecule has 2 rings (SSSR count). The summed E-state index contributed by atoms with van der Waals surface area (Å²) < 4.78 is 10.9. The average Bonchev–Trinajstić information content (AvgIpc) is 3.03. The molecule has 270 valence electrons. The molecular weight excluding hydrogens is 692 g/mol. The molecule has 0 aliphatic heterocycles. The predicted molar refractivity (Wildman–Crippen MR) is 194 cm³/mol. The summed E-state index contributed by atoms with van der Waals surface area (Å²) in [7, 11) is 2.69. The van der Waals surface area contributed by atoms with E-state index < -0.39 is 0 Å². The van der Waals surface area contributed by atoms with Gasteiger partial charge in [-0.3, -0.25) is 19.2 Å². The van der Waals surface area contributed by atoms with Crippen molar-refractivity contribution in [1.82, 2.24) is 29.7 Å². The molecule has 0 spiro atoms. The zero-order chi connectivity index (χ0) is 36.0. The highest BCUT2D eigenvalue weighted by Crippen LogP contribution is 2.43. The van der Waals surface area contributed by atoms with Crippen molar-refractivity contribution < 1.29 is 28.7 Å². The number of halogens is 1. The smallest absolute Gasteiger partial charge is 0.308 e. The van der Waals surface area contributed by atoms with E-state index in [0.29, 0.717) is 59.8 Å². The first-order valence-corrected chi connectivity index (χ1v) is 17.5. The number of anilines is 2. The Morgan fingerprint density at radius 1 is 0.755 bits per heavy atom. The van der Waals surface area contributed by atoms with Crippen molar-refractivity contribution >= 4 is 70.4 Å². The summed E-state index contributed by atoms with van der Waals surface area (Å²) >= 11 is 0. The molecule has 0 atom stereocenters. The molecule has 2 amide bonds. The highest BCUT2D eigenvalue weighted by Gasteiger charge is 2.20. The Morgan fingerprint density at radius 3 is 1.39 bits per heavy atom. The Hall–Kier alpha value is -3.89. The largest absolute Gasteiger partial charge is 0.465 e. The number of allylic oxidation sites excluding steroid dienone is 2. The van der Waals surface area contributed by atoms with Crippen LogP contribution in [0, 0.1) is 25.7 Å². The number of hydrogen-bond donors (Lipinski definition) is 2. The number of nitrogens with two attached hydrogens (primary N) is 2. The van der Waals surface area contributed by atoms with Gasteiger partial charge in [0.25, 0.3) is 0 Å². The number of esters is 2. The van der Waals surface area contributed by atoms with Crippen molar-refractivity contribution in [2.24, 2.45) is 11.8 Å². The molecule has 0 fully saturated rings. The van der Waals surface area contributed by atoms with E-state index in [0.717, 1.165) is 9.81 Å². The van der Waals surface area contributed by atoms with Crippen molar-refractivity contribution in [3.05, 3.63) is 56.4 Å². The quantitative estimate of drug-likeness (QED) is 0.110. The van der Waals surface area contributed by atoms with Gasteiger partial charge in [-0.05, 0) is 27.7 Å². The van der Waals surface area contributed by atoms with Crippen molar-refractivity contribution in [2.45, 2.75) is 81.3 Å². The molecule has 2 heterocycles. The Bertz CT molecular complexity index is 1410. The van der Waals surface area contributed by atoms with Crippen LogP contribution in [-0.4, -0.2) is 67.7 Å². The van der Waals surface area contributed by atoms with Crippen LogP contribution in [-0.2, 0) is 41.7 Å². The molecule has 2 aromatic rings. The number of rotatable bonds is 19. The second kappa shape index (κ2) is 21.3. The molecule has 0 aliphatic carbocycles. The maximum Gasteiger partial charge on any atom is 0.308 e. The Balaban J connectivity index is 0.0000120. The van der Waals surface area contributed by atoms with Gasteiger partial charge in [0.05, 0.1) is 38.1 Å². The lowest BCUT2D eigenvalue weighted by Gasteiger charge is -2.24. The first kappa shape index (κ1) is 43.1. The fourth-order valence-corrected chi connectivity index (χ4v) is 6.75. The number of aryl methyl sites for hydroxylation is 2. The number of nitrogen functional groups attached to an aromatic ring is 2. The zero-order valence-corrected chi connectivity index (χ0v) is 31.7. The van der Waals surface area contributed by atoms with Crippen molar-refractivity contribution in [3.63, 3.8) is 0 Å². The summed E-state index contributed by atoms with van der Waals surface area (Å²) in [6.45, 7) is 14.4. The molecule has 49 heavy (non-hydrogen) atoms. The van der Waals surface area contributed by atoms with Crippen LogP contribution in [0.15, 0.2) is 33.6 Å². The van der Waals surface area contributed by atoms with Gasteiger partial charge in [-0.25, -0.2) is 19.9 Å². The molecular formula is C32H47ClN8O6S2. The minimum atomic E-state index is -0.342. The predicted octanol–water partition coefficient (Wildman–Crippen LogP) is 5.11. The molecule has 0 aliphatic rings. The van der Waals surface area contributed by atoms with Gasteiger partial charge in [0.15, 0.2) is 0 Å². The Kier molecular flexibility index (Phi) is 18.7. The van der Waals surface area contributed by atoms with E-state index in [1.807, 2.05) is 0 Å². The molecule has 0 saturated carbocycles. The first-order chi connectivity index (χ1) is 22.7. The summed E-state index contributed by atoms with van der Waals surface area (Å²) in [5, 5.41) is 0. The molecule has 0 unspecified atom stereocenters. The number of aromatic nitrogens is 4. The number of carbonyl (C=O) groups excluding carboxylic acids is 4. The molecule has 14 nitrogen and oxygen atoms in total. The molecule has 17 heteroatoms. The van der Waals surface area contributed by atoms with Gasteiger partial charge in [-0.15, -0.1) is 12.4 Å². The normalized spacial score (nSPS) is 12.0. The second-order valence-electron chi connectivity index (χ2n) is 11.5. The monoisotopic (exact) mass is 738 g/mol. The van der Waals surface area contributed by atoms with Gasteiger partial charge >= 0.3 is 11.9 Å². The van der Waals surface area contributed by atoms with Crippen LogP contribution in [0.5, 0.6) is 0 Å². The van der Waals surface area contributed by atoms with Crippen molar-refractivity contribution in [3.8, 4) is 0 Å². The summed E-state index contributed by atoms with van der Waals surface area (Å²) in [4.78, 5) is 70.4. The van der Waals surface area contributed by atoms with E-state index in [9.17, 15) is 19.2 Å². The molecule has 0 bridgehead atoms. The fraction of sp³-hybridized carbons (Fsp3) is 0.500. The third-order valence-electron chi connectivity index (χ3n) is 6.97. The highest BCUT2D eigenvalue weighted by molar-refractivity contribution is 8.79. The van der Waals surface area contributed by atoms with E-state index in [4.69, 9.17) is 20.9 Å². The molecule has 4 N–H and O–H groups in total. The third-order valence-corrected chi connectivity index (χ3v) is 9.92. The van der Waals surface area contributed by atoms with Crippen LogP contribution >= 0.6 is 34.0 Å². The van der Waals surface area contributed by atoms with Gasteiger partial charge in [-0.1, -0.05) is 49.3 Å². The van der Waals surface area contributed by atoms with Crippen LogP contribution in [0.3, 0.4) is 0 Å². The minimum absolute atomic E-state index is 0. The molecule has 0 radical (unpaired) electrons. The standard InChI is InChI=1S/C32H46N8O6S2.ClH/c1-19(2)31(43)45-11-9-27(21(5)39(17-41)15-25-13-35-23(7)37-29(25)33)47-48-28(10-12-46-32(44)20(3)4)22(6)40(18-42)16-26-14-36-24(8)38-30(26)34;/h13-14,17-20H,9-12,15-16H2,1-8H3,(H2,33,35,37)(H2,34,36,38);1H/b27-21+,28-22+;. The molecule has 0 aromatic carbocycles. The number of hydrogen-bond acceptors (Lipinski definition) is 14. The minimum Gasteiger partial charge on any atom is -0.465 e. The van der Waals surface area contributed by atoms with Crippen LogP contribution in [0.2, 0.25) is 0 Å². The van der Waals surface area contributed by atoms with Gasteiger partial charge < -0.3 is 30.7 Å². The SMILES string of the molecule is C/C(=C(/CCOC(=O)C(C)C)SS/C(CCOC(=O)C(C)C)=C(\C)N(C=O)Cc1cnc(C)nc1N)N(C=O)Cc1cnc(C)nc1N.Cl. The van der Waals surface area contributed by atoms with E-state index >= 15 is 0 Å². The number of ether oxygens (including phenoxy) is 2. The van der Waals surface area contributed by atoms with Crippen LogP contribution in [0.4, 0.5) is 11.6 Å². The van der Waals surface area contributed by atoms with Crippen molar-refractivity contribution in [1.29, 1.82) is 0 Å². The van der Waals surface area contributed by atoms with Gasteiger partial charge in [0.1, 0.15) is 23.3 Å². The first-order valence-electron chi connectivity index (χ1n) is 15.3. The maximum absolute atomic E-state index is 12.3. The highest BCUT2D eigenvalue weighted by atomic mass is 35.5. The zero-order valence-electron chi connectivity index (χ0n) is 29.2. The number of amides is 2. The summed E-state index contributed by atoms with van der Waals surface area (Å²) in [6, 6.07) is 0. The lowest BCUT2D eigenvalue weighted by molar-refractivity contribution is -0.148. The number of nitrogens with zero attached hydrogens (tertiary/aromatic N) is 6.